The number of carbonyl (C=O) groups excluding carboxylic acids is 1. The van der Waals surface area contributed by atoms with Gasteiger partial charge < -0.3 is 20.4 Å². The van der Waals surface area contributed by atoms with Crippen LogP contribution in [0, 0.1) is 5.82 Å². The van der Waals surface area contributed by atoms with E-state index >= 15 is 0 Å². The number of benzene rings is 3. The van der Waals surface area contributed by atoms with E-state index < -0.39 is 11.9 Å². The number of carboxylic acids is 2. The predicted octanol–water partition coefficient (Wildman–Crippen LogP) is 4.95. The van der Waals surface area contributed by atoms with Crippen LogP contribution in [0.2, 0.25) is 0 Å². The summed E-state index contributed by atoms with van der Waals surface area (Å²) in [5.74, 6) is -1.69. The van der Waals surface area contributed by atoms with Crippen molar-refractivity contribution >= 4 is 35.3 Å². The molecule has 1 atom stereocenters. The van der Waals surface area contributed by atoms with E-state index in [0.29, 0.717) is 18.6 Å². The lowest BCUT2D eigenvalue weighted by atomic mass is 9.95. The van der Waals surface area contributed by atoms with Crippen molar-refractivity contribution in [1.29, 1.82) is 0 Å². The van der Waals surface area contributed by atoms with Crippen LogP contribution in [-0.4, -0.2) is 65.7 Å². The molecule has 0 saturated carbocycles. The molecule has 0 bridgehead atoms. The first-order chi connectivity index (χ1) is 20.3. The molecule has 2 aliphatic heterocycles. The van der Waals surface area contributed by atoms with E-state index in [1.165, 1.54) is 33.7 Å². The second-order valence-corrected chi connectivity index (χ2v) is 11.0. The van der Waals surface area contributed by atoms with Gasteiger partial charge in [-0.15, -0.1) is 11.8 Å². The Bertz CT molecular complexity index is 1340. The van der Waals surface area contributed by atoms with Gasteiger partial charge in [-0.1, -0.05) is 42.5 Å². The zero-order chi connectivity index (χ0) is 29.9. The fourth-order valence-electron chi connectivity index (χ4n) is 5.00. The lowest BCUT2D eigenvalue weighted by Crippen LogP contribution is -2.46. The molecule has 8 nitrogen and oxygen atoms in total. The molecule has 2 heterocycles. The number of thioether (sulfide) groups is 1. The minimum atomic E-state index is -1.26. The highest BCUT2D eigenvalue weighted by Crippen LogP contribution is 2.39. The minimum absolute atomic E-state index is 0.103. The Morgan fingerprint density at radius 3 is 2.14 bits per heavy atom. The van der Waals surface area contributed by atoms with E-state index in [1.807, 2.05) is 23.9 Å². The molecule has 1 amide bonds. The molecule has 5 rings (SSSR count). The van der Waals surface area contributed by atoms with Gasteiger partial charge in [0, 0.05) is 61.1 Å². The summed E-state index contributed by atoms with van der Waals surface area (Å²) in [6.45, 7) is 4.67. The summed E-state index contributed by atoms with van der Waals surface area (Å²) in [6, 6.07) is 23.5. The lowest BCUT2D eigenvalue weighted by Gasteiger charge is -2.36. The van der Waals surface area contributed by atoms with Gasteiger partial charge in [0.15, 0.2) is 0 Å². The molecule has 1 saturated heterocycles. The molecule has 3 N–H and O–H groups in total. The highest BCUT2D eigenvalue weighted by Gasteiger charge is 2.25. The van der Waals surface area contributed by atoms with Gasteiger partial charge in [-0.25, -0.2) is 14.0 Å². The molecule has 10 heteroatoms. The number of hydrogen-bond acceptors (Lipinski definition) is 6. The van der Waals surface area contributed by atoms with Crippen molar-refractivity contribution in [2.24, 2.45) is 0 Å². The number of halogens is 1. The van der Waals surface area contributed by atoms with E-state index in [9.17, 15) is 18.8 Å². The molecule has 0 aromatic heterocycles. The molecule has 3 aromatic carbocycles. The first kappa shape index (κ1) is 30.8. The smallest absolute Gasteiger partial charge is 0.328 e. The van der Waals surface area contributed by atoms with Crippen molar-refractivity contribution in [2.75, 3.05) is 37.6 Å². The normalized spacial score (nSPS) is 16.4. The predicted molar refractivity (Wildman–Crippen MR) is 161 cm³/mol. The summed E-state index contributed by atoms with van der Waals surface area (Å²) in [7, 11) is 0. The Kier molecular flexibility index (Phi) is 11.1. The van der Waals surface area contributed by atoms with Crippen LogP contribution in [0.5, 0.6) is 0 Å². The van der Waals surface area contributed by atoms with Gasteiger partial charge in [0.2, 0.25) is 5.91 Å². The van der Waals surface area contributed by atoms with Gasteiger partial charge >= 0.3 is 11.9 Å². The van der Waals surface area contributed by atoms with E-state index in [2.05, 4.69) is 63.6 Å². The SMILES string of the molecule is O=C(CCCN1CCN(c2ccc(F)cc2)CC1)NC1c2ccccc2CSc2ccccc21.O=C(O)/C=C/C(=O)O. The Balaban J connectivity index is 0.000000446. The van der Waals surface area contributed by atoms with Crippen LogP contribution in [0.15, 0.2) is 89.8 Å². The van der Waals surface area contributed by atoms with Crippen LogP contribution in [0.4, 0.5) is 10.1 Å². The first-order valence-electron chi connectivity index (χ1n) is 13.8. The number of anilines is 1. The van der Waals surface area contributed by atoms with E-state index in [-0.39, 0.29) is 17.8 Å². The number of aliphatic carboxylic acids is 2. The van der Waals surface area contributed by atoms with Crippen LogP contribution >= 0.6 is 11.8 Å². The second-order valence-electron chi connectivity index (χ2n) is 9.94. The van der Waals surface area contributed by atoms with Gasteiger partial charge in [0.05, 0.1) is 6.04 Å². The van der Waals surface area contributed by atoms with Gasteiger partial charge in [0.25, 0.3) is 0 Å². The Labute approximate surface area is 248 Å². The van der Waals surface area contributed by atoms with Crippen molar-refractivity contribution in [3.8, 4) is 0 Å². The fraction of sp³-hybridized carbons (Fsp3) is 0.281. The second kappa shape index (κ2) is 15.2. The summed E-state index contributed by atoms with van der Waals surface area (Å²) >= 11 is 1.84. The first-order valence-corrected chi connectivity index (χ1v) is 14.7. The van der Waals surface area contributed by atoms with Crippen LogP contribution in [0.25, 0.3) is 0 Å². The summed E-state index contributed by atoms with van der Waals surface area (Å²) in [5.41, 5.74) is 4.74. The number of carbonyl (C=O) groups is 3. The van der Waals surface area contributed by atoms with E-state index in [1.54, 1.807) is 0 Å². The molecule has 42 heavy (non-hydrogen) atoms. The maximum Gasteiger partial charge on any atom is 0.328 e. The van der Waals surface area contributed by atoms with Gasteiger partial charge in [-0.3, -0.25) is 9.69 Å². The van der Waals surface area contributed by atoms with Gasteiger partial charge in [-0.05, 0) is 60.0 Å². The summed E-state index contributed by atoms with van der Waals surface area (Å²) in [5, 5.41) is 19.0. The monoisotopic (exact) mass is 591 g/mol. The van der Waals surface area contributed by atoms with Crippen molar-refractivity contribution in [2.45, 2.75) is 29.5 Å². The molecule has 1 unspecified atom stereocenters. The molecule has 2 aliphatic rings. The van der Waals surface area contributed by atoms with Gasteiger partial charge in [0.1, 0.15) is 5.82 Å². The van der Waals surface area contributed by atoms with Crippen molar-refractivity contribution in [3.63, 3.8) is 0 Å². The standard InChI is InChI=1S/C28H30FN3OS.C4H4O4/c29-22-11-13-23(14-12-22)32-18-16-31(17-19-32)15-5-10-27(33)30-28-24-7-2-1-6-21(24)20-34-26-9-4-3-8-25(26)28;5-3(6)1-2-4(7)8/h1-4,6-9,11-14,28H,5,10,15-20H2,(H,30,33);1-2H,(H,5,6)(H,7,8)/b;2-1+. The highest BCUT2D eigenvalue weighted by atomic mass is 32.2. The summed E-state index contributed by atoms with van der Waals surface area (Å²) in [6.07, 6.45) is 2.48. The minimum Gasteiger partial charge on any atom is -0.478 e. The largest absolute Gasteiger partial charge is 0.478 e. The van der Waals surface area contributed by atoms with Crippen molar-refractivity contribution < 1.29 is 29.0 Å². The molecular formula is C32H34FN3O5S. The number of nitrogens with one attached hydrogen (secondary N) is 1. The van der Waals surface area contributed by atoms with Crippen LogP contribution in [-0.2, 0) is 20.1 Å². The number of carboxylic acid groups (broad SMARTS) is 2. The van der Waals surface area contributed by atoms with Crippen LogP contribution < -0.4 is 10.2 Å². The topological polar surface area (TPSA) is 110 Å². The number of rotatable bonds is 8. The highest BCUT2D eigenvalue weighted by molar-refractivity contribution is 7.98. The molecule has 3 aromatic rings. The van der Waals surface area contributed by atoms with E-state index in [0.717, 1.165) is 50.6 Å². The average molecular weight is 592 g/mol. The van der Waals surface area contributed by atoms with Crippen molar-refractivity contribution in [3.05, 3.63) is 107 Å². The molecule has 0 aliphatic carbocycles. The molecule has 1 fully saturated rings. The maximum absolute atomic E-state index is 13.2. The third kappa shape index (κ3) is 8.92. The number of nitrogens with zero attached hydrogens (tertiary/aromatic N) is 2. The van der Waals surface area contributed by atoms with Crippen LogP contribution in [0.3, 0.4) is 0 Å². The zero-order valence-electron chi connectivity index (χ0n) is 23.1. The Morgan fingerprint density at radius 2 is 1.48 bits per heavy atom. The van der Waals surface area contributed by atoms with E-state index in [4.69, 9.17) is 10.2 Å². The Morgan fingerprint density at radius 1 is 0.857 bits per heavy atom. The average Bonchev–Trinajstić information content (AvgIpc) is 3.14. The molecule has 0 radical (unpaired) electrons. The molecular weight excluding hydrogens is 557 g/mol. The third-order valence-corrected chi connectivity index (χ3v) is 8.23. The maximum atomic E-state index is 13.2. The third-order valence-electron chi connectivity index (χ3n) is 7.10. The number of fused-ring (bicyclic) bond motifs is 2. The fourth-order valence-corrected chi connectivity index (χ4v) is 6.10. The van der Waals surface area contributed by atoms with Crippen LogP contribution in [0.1, 0.15) is 35.6 Å². The van der Waals surface area contributed by atoms with Crippen molar-refractivity contribution in [1.82, 2.24) is 10.2 Å². The number of amides is 1. The summed E-state index contributed by atoms with van der Waals surface area (Å²) < 4.78 is 13.2. The number of hydrogen-bond donors (Lipinski definition) is 3. The zero-order valence-corrected chi connectivity index (χ0v) is 23.9. The quantitative estimate of drug-likeness (QED) is 0.316. The lowest BCUT2D eigenvalue weighted by molar-refractivity contribution is -0.134. The Hall–Kier alpha value is -4.15. The molecule has 0 spiro atoms. The van der Waals surface area contributed by atoms with Gasteiger partial charge in [-0.2, -0.15) is 0 Å². The number of piperazine rings is 1. The summed E-state index contributed by atoms with van der Waals surface area (Å²) in [4.78, 5) is 38.0. The molecule has 220 valence electrons.